The highest BCUT2D eigenvalue weighted by atomic mass is 16.6. The molecule has 0 aliphatic carbocycles. The second-order valence-electron chi connectivity index (χ2n) is 5.44. The Morgan fingerprint density at radius 1 is 1.11 bits per heavy atom. The van der Waals surface area contributed by atoms with E-state index in [2.05, 4.69) is 5.32 Å². The molecule has 2 rings (SSSR count). The number of ketones is 1. The predicted molar refractivity (Wildman–Crippen MR) is 98.2 cm³/mol. The van der Waals surface area contributed by atoms with Gasteiger partial charge in [-0.3, -0.25) is 19.7 Å². The Hall–Kier alpha value is -3.81. The highest BCUT2D eigenvalue weighted by molar-refractivity contribution is 5.99. The predicted octanol–water partition coefficient (Wildman–Crippen LogP) is 2.99. The molecular weight excluding hydrogens is 352 g/mol. The van der Waals surface area contributed by atoms with Crippen LogP contribution in [-0.2, 0) is 14.3 Å². The monoisotopic (exact) mass is 368 g/mol. The number of anilines is 1. The van der Waals surface area contributed by atoms with Crippen molar-refractivity contribution in [1.29, 1.82) is 0 Å². The lowest BCUT2D eigenvalue weighted by Crippen LogP contribution is -2.13. The summed E-state index contributed by atoms with van der Waals surface area (Å²) in [5.74, 6) is -1.44. The molecular formula is C19H16N2O6. The van der Waals surface area contributed by atoms with Crippen molar-refractivity contribution in [1.82, 2.24) is 0 Å². The number of nitrogens with zero attached hydrogens (tertiary/aromatic N) is 1. The Bertz CT molecular complexity index is 903. The smallest absolute Gasteiger partial charge is 0.331 e. The first kappa shape index (κ1) is 19.5. The van der Waals surface area contributed by atoms with Crippen molar-refractivity contribution in [3.05, 3.63) is 75.8 Å². The van der Waals surface area contributed by atoms with Crippen LogP contribution in [0.4, 0.5) is 11.4 Å². The van der Waals surface area contributed by atoms with Crippen LogP contribution in [0, 0.1) is 10.1 Å². The van der Waals surface area contributed by atoms with Crippen LogP contribution in [0.2, 0.25) is 0 Å². The number of benzene rings is 2. The van der Waals surface area contributed by atoms with Crippen molar-refractivity contribution in [3.63, 3.8) is 0 Å². The van der Waals surface area contributed by atoms with Crippen LogP contribution in [0.25, 0.3) is 6.08 Å². The van der Waals surface area contributed by atoms with Gasteiger partial charge in [-0.1, -0.05) is 12.1 Å². The third-order valence-corrected chi connectivity index (χ3v) is 3.41. The lowest BCUT2D eigenvalue weighted by atomic mass is 10.1. The summed E-state index contributed by atoms with van der Waals surface area (Å²) < 4.78 is 4.86. The van der Waals surface area contributed by atoms with E-state index in [0.717, 1.165) is 6.08 Å². The Morgan fingerprint density at radius 3 is 2.41 bits per heavy atom. The molecule has 0 atom stereocenters. The van der Waals surface area contributed by atoms with Gasteiger partial charge in [-0.2, -0.15) is 0 Å². The number of para-hydroxylation sites is 1. The van der Waals surface area contributed by atoms with Gasteiger partial charge in [0.25, 0.3) is 5.69 Å². The fraction of sp³-hybridized carbons (Fsp3) is 0.105. The van der Waals surface area contributed by atoms with Gasteiger partial charge in [0, 0.05) is 30.3 Å². The summed E-state index contributed by atoms with van der Waals surface area (Å²) in [7, 11) is 0. The molecule has 1 amide bonds. The van der Waals surface area contributed by atoms with Gasteiger partial charge in [-0.25, -0.2) is 4.79 Å². The topological polar surface area (TPSA) is 116 Å². The molecule has 0 unspecified atom stereocenters. The number of esters is 1. The first-order chi connectivity index (χ1) is 12.9. The summed E-state index contributed by atoms with van der Waals surface area (Å²) in [4.78, 5) is 45.1. The second-order valence-corrected chi connectivity index (χ2v) is 5.44. The minimum atomic E-state index is -0.795. The molecule has 0 aromatic heterocycles. The second kappa shape index (κ2) is 9.04. The average molecular weight is 368 g/mol. The molecule has 2 aromatic rings. The first-order valence-corrected chi connectivity index (χ1v) is 7.86. The number of carbonyl (C=O) groups excluding carboxylic acids is 3. The molecule has 0 saturated heterocycles. The number of hydrogen-bond acceptors (Lipinski definition) is 6. The van der Waals surface area contributed by atoms with Gasteiger partial charge in [0.2, 0.25) is 5.91 Å². The van der Waals surface area contributed by atoms with Crippen LogP contribution in [0.1, 0.15) is 22.8 Å². The van der Waals surface area contributed by atoms with Crippen molar-refractivity contribution in [2.24, 2.45) is 0 Å². The summed E-state index contributed by atoms with van der Waals surface area (Å²) in [5.41, 5.74) is 0.972. The zero-order valence-corrected chi connectivity index (χ0v) is 14.4. The molecule has 138 valence electrons. The number of nitrogens with one attached hydrogen (secondary N) is 1. The third-order valence-electron chi connectivity index (χ3n) is 3.41. The zero-order valence-electron chi connectivity index (χ0n) is 14.4. The maximum atomic E-state index is 12.0. The number of rotatable bonds is 7. The minimum absolute atomic E-state index is 0.142. The molecule has 2 aromatic carbocycles. The molecule has 8 nitrogen and oxygen atoms in total. The number of nitro benzene ring substituents is 1. The molecule has 0 aliphatic rings. The van der Waals surface area contributed by atoms with Gasteiger partial charge < -0.3 is 10.1 Å². The highest BCUT2D eigenvalue weighted by Crippen LogP contribution is 2.19. The Morgan fingerprint density at radius 2 is 1.78 bits per heavy atom. The van der Waals surface area contributed by atoms with E-state index in [1.807, 2.05) is 0 Å². The normalized spacial score (nSPS) is 10.4. The molecule has 1 N–H and O–H groups in total. The van der Waals surface area contributed by atoms with E-state index in [0.29, 0.717) is 11.3 Å². The van der Waals surface area contributed by atoms with E-state index < -0.39 is 23.3 Å². The van der Waals surface area contributed by atoms with Crippen molar-refractivity contribution < 1.29 is 24.0 Å². The van der Waals surface area contributed by atoms with Gasteiger partial charge >= 0.3 is 5.97 Å². The van der Waals surface area contributed by atoms with E-state index in [1.54, 1.807) is 18.2 Å². The molecule has 0 spiro atoms. The van der Waals surface area contributed by atoms with Crippen molar-refractivity contribution in [2.75, 3.05) is 11.9 Å². The lowest BCUT2D eigenvalue weighted by molar-refractivity contribution is -0.385. The Kier molecular flexibility index (Phi) is 6.54. The first-order valence-electron chi connectivity index (χ1n) is 7.86. The molecule has 0 saturated carbocycles. The molecule has 0 heterocycles. The maximum absolute atomic E-state index is 12.0. The summed E-state index contributed by atoms with van der Waals surface area (Å²) in [5, 5.41) is 13.5. The summed E-state index contributed by atoms with van der Waals surface area (Å²) >= 11 is 0. The molecule has 27 heavy (non-hydrogen) atoms. The summed E-state index contributed by atoms with van der Waals surface area (Å²) in [6.07, 6.45) is 2.28. The van der Waals surface area contributed by atoms with E-state index in [9.17, 15) is 24.5 Å². The third kappa shape index (κ3) is 5.89. The van der Waals surface area contributed by atoms with E-state index in [-0.39, 0.29) is 17.2 Å². The largest absolute Gasteiger partial charge is 0.454 e. The van der Waals surface area contributed by atoms with Crippen LogP contribution >= 0.6 is 0 Å². The van der Waals surface area contributed by atoms with E-state index in [4.69, 9.17) is 4.74 Å². The molecule has 0 aliphatic heterocycles. The van der Waals surface area contributed by atoms with Crippen molar-refractivity contribution >= 4 is 35.1 Å². The quantitative estimate of drug-likeness (QED) is 0.264. The summed E-state index contributed by atoms with van der Waals surface area (Å²) in [6.45, 7) is 0.898. The van der Waals surface area contributed by atoms with Crippen LogP contribution in [0.5, 0.6) is 0 Å². The SMILES string of the molecule is CC(=O)Nc1ccc(C(=O)COC(=O)/C=C/c2ccccc2[N+](=O)[O-])cc1. The summed E-state index contributed by atoms with van der Waals surface area (Å²) in [6, 6.07) is 12.1. The van der Waals surface area contributed by atoms with Crippen LogP contribution in [0.15, 0.2) is 54.6 Å². The van der Waals surface area contributed by atoms with Gasteiger partial charge in [-0.15, -0.1) is 0 Å². The lowest BCUT2D eigenvalue weighted by Gasteiger charge is -2.04. The number of amides is 1. The van der Waals surface area contributed by atoms with Gasteiger partial charge in [-0.05, 0) is 36.4 Å². The zero-order chi connectivity index (χ0) is 19.8. The fourth-order valence-electron chi connectivity index (χ4n) is 2.16. The van der Waals surface area contributed by atoms with Crippen molar-refractivity contribution in [2.45, 2.75) is 6.92 Å². The number of carbonyl (C=O) groups is 3. The fourth-order valence-corrected chi connectivity index (χ4v) is 2.16. The van der Waals surface area contributed by atoms with Gasteiger partial charge in [0.05, 0.1) is 10.5 Å². The van der Waals surface area contributed by atoms with Crippen LogP contribution in [-0.4, -0.2) is 29.2 Å². The molecule has 0 bridgehead atoms. The average Bonchev–Trinajstić information content (AvgIpc) is 2.64. The van der Waals surface area contributed by atoms with E-state index >= 15 is 0 Å². The minimum Gasteiger partial charge on any atom is -0.454 e. The number of ether oxygens (including phenoxy) is 1. The van der Waals surface area contributed by atoms with Crippen LogP contribution in [0.3, 0.4) is 0 Å². The van der Waals surface area contributed by atoms with Gasteiger partial charge in [0.15, 0.2) is 12.4 Å². The molecule has 8 heteroatoms. The maximum Gasteiger partial charge on any atom is 0.331 e. The highest BCUT2D eigenvalue weighted by Gasteiger charge is 2.11. The Labute approximate surface area is 154 Å². The van der Waals surface area contributed by atoms with E-state index in [1.165, 1.54) is 43.3 Å². The number of hydrogen-bond donors (Lipinski definition) is 1. The molecule has 0 radical (unpaired) electrons. The van der Waals surface area contributed by atoms with Gasteiger partial charge in [0.1, 0.15) is 0 Å². The standard InChI is InChI=1S/C19H16N2O6/c1-13(22)20-16-9-6-15(7-10-16)18(23)12-27-19(24)11-8-14-4-2-3-5-17(14)21(25)26/h2-11H,12H2,1H3,(H,20,22)/b11-8+. The Balaban J connectivity index is 1.92. The van der Waals surface area contributed by atoms with Crippen LogP contribution < -0.4 is 5.32 Å². The number of nitro groups is 1. The van der Waals surface area contributed by atoms with Crippen molar-refractivity contribution in [3.8, 4) is 0 Å². The number of Topliss-reactive ketones (excluding diaryl/α,β-unsaturated/α-hetero) is 1. The molecule has 0 fully saturated rings.